The number of phenols is 2. The molecule has 0 aliphatic rings. The molecule has 0 saturated carbocycles. The number of carboxylic acid groups (broad SMARTS) is 2. The van der Waals surface area contributed by atoms with Crippen molar-refractivity contribution in [2.75, 3.05) is 39.3 Å². The van der Waals surface area contributed by atoms with Crippen molar-refractivity contribution in [2.45, 2.75) is 184 Å². The Hall–Kier alpha value is -3.19. The second-order valence-electron chi connectivity index (χ2n) is 20.6. The summed E-state index contributed by atoms with van der Waals surface area (Å²) in [7, 11) is 0. The number of rotatable bonds is 18. The summed E-state index contributed by atoms with van der Waals surface area (Å²) in [5.41, 5.74) is 7.52. The maximum atomic E-state index is 12.0. The van der Waals surface area contributed by atoms with E-state index in [2.05, 4.69) is 135 Å². The molecule has 0 saturated heterocycles. The number of phenolic OH excluding ortho intramolecular Hbond substituents is 2. The fourth-order valence-corrected chi connectivity index (χ4v) is 7.71. The summed E-state index contributed by atoms with van der Waals surface area (Å²) < 4.78 is 1.16. The first-order chi connectivity index (χ1) is 27.1. The average Bonchev–Trinajstić information content (AvgIpc) is 3.09. The molecule has 2 aromatic rings. The smallest absolute Gasteiger partial charge is 0.414 e. The van der Waals surface area contributed by atoms with Gasteiger partial charge in [-0.05, 0) is 83.4 Å². The third kappa shape index (κ3) is 19.0. The van der Waals surface area contributed by atoms with E-state index in [1.165, 1.54) is 50.0 Å². The molecule has 2 rings (SSSR count). The van der Waals surface area contributed by atoms with E-state index in [4.69, 9.17) is 29.8 Å². The van der Waals surface area contributed by atoms with E-state index >= 15 is 0 Å². The van der Waals surface area contributed by atoms with Crippen molar-refractivity contribution in [1.29, 1.82) is 0 Å². The fourth-order valence-electron chi connectivity index (χ4n) is 7.71. The number of hydrogen-bond donors (Lipinski definition) is 4. The molecular weight excluding hydrogens is 803 g/mol. The standard InChI is InChI=1S/C48H81N3O2.C2H2O4.CH3.Cr/c1-17-21-23-41(37-31-35(45(5,6)7)33-39(43(37)52)47(11,12)13)49-25-26-50-42(24-22-30-51(27-18-2,28-19-3)29-20-4)38-32-36(46(8,9)10)34-40(44(38)53)48(14,15)16;3-1(4)2(5)6;;/h31-34H,17-30H2,1-16H3,(H-,49,50,52,53);(H,3,4)(H,5,6);1H3;/q;;-1;/p+1. The summed E-state index contributed by atoms with van der Waals surface area (Å²) in [5, 5.41) is 38.5. The molecule has 0 amide bonds. The van der Waals surface area contributed by atoms with E-state index < -0.39 is 11.9 Å². The van der Waals surface area contributed by atoms with Crippen LogP contribution in [0.1, 0.15) is 196 Å². The van der Waals surface area contributed by atoms with Crippen LogP contribution in [0.15, 0.2) is 34.3 Å². The first-order valence-corrected chi connectivity index (χ1v) is 22.2. The van der Waals surface area contributed by atoms with Gasteiger partial charge in [-0.25, -0.2) is 9.59 Å². The van der Waals surface area contributed by atoms with E-state index in [0.717, 1.165) is 76.8 Å². The molecule has 0 atom stereocenters. The number of benzene rings is 2. The van der Waals surface area contributed by atoms with E-state index in [1.54, 1.807) is 0 Å². The average molecular weight is 890 g/mol. The zero-order chi connectivity index (χ0) is 45.6. The summed E-state index contributed by atoms with van der Waals surface area (Å²) in [6.07, 6.45) is 8.28. The van der Waals surface area contributed by atoms with Gasteiger partial charge in [-0.2, -0.15) is 0 Å². The molecule has 0 aliphatic heterocycles. The van der Waals surface area contributed by atoms with Crippen LogP contribution in [0, 0.1) is 7.43 Å². The Balaban J connectivity index is 0. The maximum Gasteiger partial charge on any atom is 0.414 e. The third-order valence-corrected chi connectivity index (χ3v) is 11.0. The number of hydrogen-bond acceptors (Lipinski definition) is 6. The Morgan fingerprint density at radius 2 is 0.852 bits per heavy atom. The van der Waals surface area contributed by atoms with E-state index in [1.807, 2.05) is 0 Å². The Kier molecular flexibility index (Phi) is 25.3. The van der Waals surface area contributed by atoms with Crippen LogP contribution in [-0.4, -0.2) is 87.5 Å². The molecule has 0 aliphatic carbocycles. The van der Waals surface area contributed by atoms with Crippen LogP contribution >= 0.6 is 0 Å². The van der Waals surface area contributed by atoms with Gasteiger partial charge in [0.2, 0.25) is 0 Å². The van der Waals surface area contributed by atoms with Crippen molar-refractivity contribution >= 4 is 23.4 Å². The van der Waals surface area contributed by atoms with Crippen LogP contribution in [0.4, 0.5) is 0 Å². The number of carbonyl (C=O) groups is 2. The van der Waals surface area contributed by atoms with Crippen molar-refractivity contribution in [2.24, 2.45) is 9.98 Å². The predicted molar refractivity (Wildman–Crippen MR) is 255 cm³/mol. The third-order valence-electron chi connectivity index (χ3n) is 11.0. The van der Waals surface area contributed by atoms with Gasteiger partial charge in [0, 0.05) is 57.5 Å². The van der Waals surface area contributed by atoms with Crippen LogP contribution in [0.25, 0.3) is 0 Å². The van der Waals surface area contributed by atoms with Gasteiger partial charge in [-0.1, -0.05) is 129 Å². The summed E-state index contributed by atoms with van der Waals surface area (Å²) >= 11 is 0. The molecule has 0 bridgehead atoms. The van der Waals surface area contributed by atoms with E-state index in [9.17, 15) is 10.2 Å². The molecule has 2 aromatic carbocycles. The fraction of sp³-hybridized carbons (Fsp3) is 0.667. The summed E-state index contributed by atoms with van der Waals surface area (Å²) in [6.45, 7) is 41.5. The van der Waals surface area contributed by atoms with Gasteiger partial charge in [0.15, 0.2) is 0 Å². The zero-order valence-electron chi connectivity index (χ0n) is 41.6. The summed E-state index contributed by atoms with van der Waals surface area (Å²) in [4.78, 5) is 28.7. The number of nitrogens with zero attached hydrogens (tertiary/aromatic N) is 3. The minimum atomic E-state index is -1.82. The van der Waals surface area contributed by atoms with Gasteiger partial charge in [-0.15, -0.1) is 0 Å². The second kappa shape index (κ2) is 25.8. The molecular formula is C51H87CrN3O6. The van der Waals surface area contributed by atoms with Crippen LogP contribution in [0.3, 0.4) is 0 Å². The number of aromatic hydroxyl groups is 2. The van der Waals surface area contributed by atoms with Crippen LogP contribution in [0.5, 0.6) is 11.5 Å². The van der Waals surface area contributed by atoms with Gasteiger partial charge in [0.05, 0.1) is 39.3 Å². The van der Waals surface area contributed by atoms with Crippen molar-refractivity contribution in [3.05, 3.63) is 65.1 Å². The molecule has 0 heterocycles. The zero-order valence-corrected chi connectivity index (χ0v) is 42.8. The normalized spacial score (nSPS) is 12.9. The van der Waals surface area contributed by atoms with E-state index in [0.29, 0.717) is 24.6 Å². The van der Waals surface area contributed by atoms with E-state index in [-0.39, 0.29) is 46.4 Å². The van der Waals surface area contributed by atoms with Gasteiger partial charge in [-0.3, -0.25) is 9.98 Å². The molecule has 10 heteroatoms. The Morgan fingerprint density at radius 1 is 0.525 bits per heavy atom. The Bertz CT molecular complexity index is 1710. The second-order valence-corrected chi connectivity index (χ2v) is 20.6. The predicted octanol–water partition coefficient (Wildman–Crippen LogP) is 12.2. The van der Waals surface area contributed by atoms with Crippen molar-refractivity contribution in [3.8, 4) is 11.5 Å². The monoisotopic (exact) mass is 890 g/mol. The molecule has 0 spiro atoms. The maximum absolute atomic E-state index is 12.0. The van der Waals surface area contributed by atoms with Gasteiger partial charge in [0.25, 0.3) is 0 Å². The quantitative estimate of drug-likeness (QED) is 0.0386. The molecule has 0 radical (unpaired) electrons. The minimum Gasteiger partial charge on any atom is -0.507 e. The van der Waals surface area contributed by atoms with Gasteiger partial charge in [0.1, 0.15) is 11.5 Å². The number of quaternary nitrogens is 1. The molecule has 0 aromatic heterocycles. The van der Waals surface area contributed by atoms with Crippen LogP contribution in [-0.2, 0) is 48.6 Å². The molecule has 0 fully saturated rings. The number of unbranched alkanes of at least 4 members (excludes halogenated alkanes) is 1. The first kappa shape index (κ1) is 59.9. The largest absolute Gasteiger partial charge is 0.507 e. The first-order valence-electron chi connectivity index (χ1n) is 22.2. The van der Waals surface area contributed by atoms with Gasteiger partial charge < -0.3 is 32.3 Å². The summed E-state index contributed by atoms with van der Waals surface area (Å²) in [6, 6.07) is 8.77. The van der Waals surface area contributed by atoms with Crippen molar-refractivity contribution in [3.63, 3.8) is 0 Å². The Labute approximate surface area is 383 Å². The molecule has 4 N–H and O–H groups in total. The molecule has 0 unspecified atom stereocenters. The number of aliphatic imine (C=N–C) groups is 2. The Morgan fingerprint density at radius 3 is 1.11 bits per heavy atom. The summed E-state index contributed by atoms with van der Waals surface area (Å²) in [5.74, 6) is -2.92. The number of aliphatic carboxylic acids is 2. The van der Waals surface area contributed by atoms with Gasteiger partial charge >= 0.3 is 11.9 Å². The minimum absolute atomic E-state index is 0. The van der Waals surface area contributed by atoms with Crippen molar-refractivity contribution < 1.29 is 51.9 Å². The molecule has 9 nitrogen and oxygen atoms in total. The van der Waals surface area contributed by atoms with Crippen molar-refractivity contribution in [1.82, 2.24) is 0 Å². The topological polar surface area (TPSA) is 140 Å². The molecule has 348 valence electrons. The van der Waals surface area contributed by atoms with Crippen LogP contribution < -0.4 is 0 Å². The van der Waals surface area contributed by atoms with Crippen LogP contribution in [0.2, 0.25) is 0 Å². The molecule has 61 heavy (non-hydrogen) atoms. The SMILES string of the molecule is CCCCC(=NCCN=C(CCC[N+](CCC)(CCC)CCC)c1cc(C(C)(C)C)cc(C(C)(C)C)c1O)c1cc(C(C)(C)C)cc(C(C)(C)C)c1O.O=C(O)C(=O)O.[CH3-].[Cr]. The number of carboxylic acids is 2.